The maximum Gasteiger partial charge on any atom is 0.295 e. The number of amides is 2. The van der Waals surface area contributed by atoms with Gasteiger partial charge in [0.05, 0.1) is 12.8 Å². The summed E-state index contributed by atoms with van der Waals surface area (Å²) >= 11 is 0.982. The van der Waals surface area contributed by atoms with Crippen LogP contribution in [0.25, 0.3) is 0 Å². The van der Waals surface area contributed by atoms with Crippen LogP contribution in [0.1, 0.15) is 5.56 Å². The minimum Gasteiger partial charge on any atom is -0.497 e. The predicted octanol–water partition coefficient (Wildman–Crippen LogP) is 3.64. The summed E-state index contributed by atoms with van der Waals surface area (Å²) in [5.41, 5.74) is 2.36. The van der Waals surface area contributed by atoms with Crippen LogP contribution in [0.3, 0.4) is 0 Å². The molecule has 1 unspecified atom stereocenters. The Kier molecular flexibility index (Phi) is 4.25. The standard InChI is InChI=1S/C17H16N2O3S/c1-11-4-3-5-13(10-11)19-16(20)15(23-17(19)21)18-12-6-8-14(22-2)9-7-12/h3-10,15,18H,1-2H3. The van der Waals surface area contributed by atoms with E-state index in [1.807, 2.05) is 37.3 Å². The molecule has 1 aliphatic heterocycles. The van der Waals surface area contributed by atoms with Crippen LogP contribution in [0, 0.1) is 6.92 Å². The Labute approximate surface area is 138 Å². The number of benzene rings is 2. The molecule has 3 rings (SSSR count). The van der Waals surface area contributed by atoms with Crippen LogP contribution in [0.4, 0.5) is 16.2 Å². The highest BCUT2D eigenvalue weighted by Crippen LogP contribution is 2.33. The molecule has 0 radical (unpaired) electrons. The van der Waals surface area contributed by atoms with Crippen LogP contribution < -0.4 is 15.0 Å². The smallest absolute Gasteiger partial charge is 0.295 e. The molecule has 1 saturated heterocycles. The Morgan fingerprint density at radius 2 is 1.87 bits per heavy atom. The molecule has 1 atom stereocenters. The topological polar surface area (TPSA) is 58.6 Å². The molecule has 0 spiro atoms. The lowest BCUT2D eigenvalue weighted by Crippen LogP contribution is -2.34. The Balaban J connectivity index is 1.78. The van der Waals surface area contributed by atoms with Gasteiger partial charge in [0.25, 0.3) is 11.1 Å². The Bertz CT molecular complexity index is 746. The molecule has 1 N–H and O–H groups in total. The summed E-state index contributed by atoms with van der Waals surface area (Å²) in [5.74, 6) is 0.472. The summed E-state index contributed by atoms with van der Waals surface area (Å²) in [6, 6.07) is 14.6. The molecule has 118 valence electrons. The van der Waals surface area contributed by atoms with Crippen molar-refractivity contribution in [3.8, 4) is 5.75 Å². The summed E-state index contributed by atoms with van der Waals surface area (Å²) in [4.78, 5) is 26.0. The van der Waals surface area contributed by atoms with Crippen molar-refractivity contribution >= 4 is 34.3 Å². The third kappa shape index (κ3) is 3.17. The van der Waals surface area contributed by atoms with Crippen LogP contribution in [-0.4, -0.2) is 23.6 Å². The molecule has 1 fully saturated rings. The third-order valence-electron chi connectivity index (χ3n) is 3.49. The van der Waals surface area contributed by atoms with E-state index in [1.165, 1.54) is 4.90 Å². The van der Waals surface area contributed by atoms with E-state index in [9.17, 15) is 9.59 Å². The van der Waals surface area contributed by atoms with Gasteiger partial charge in [-0.3, -0.25) is 9.59 Å². The Hall–Kier alpha value is -2.47. The van der Waals surface area contributed by atoms with Gasteiger partial charge in [0.1, 0.15) is 5.75 Å². The van der Waals surface area contributed by atoms with Crippen LogP contribution >= 0.6 is 11.8 Å². The molecule has 1 heterocycles. The number of thioether (sulfide) groups is 1. The van der Waals surface area contributed by atoms with Gasteiger partial charge in [-0.25, -0.2) is 4.90 Å². The number of hydrogen-bond acceptors (Lipinski definition) is 5. The molecule has 0 saturated carbocycles. The monoisotopic (exact) mass is 328 g/mol. The third-order valence-corrected chi connectivity index (χ3v) is 4.43. The number of nitrogens with zero attached hydrogens (tertiary/aromatic N) is 1. The number of aryl methyl sites for hydroxylation is 1. The maximum atomic E-state index is 12.6. The van der Waals surface area contributed by atoms with Gasteiger partial charge in [-0.05, 0) is 60.6 Å². The lowest BCUT2D eigenvalue weighted by Gasteiger charge is -2.15. The van der Waals surface area contributed by atoms with Crippen molar-refractivity contribution in [2.24, 2.45) is 0 Å². The molecule has 2 aromatic carbocycles. The fraction of sp³-hybridized carbons (Fsp3) is 0.176. The van der Waals surface area contributed by atoms with Crippen molar-refractivity contribution in [1.82, 2.24) is 0 Å². The van der Waals surface area contributed by atoms with Gasteiger partial charge in [0.15, 0.2) is 5.37 Å². The number of rotatable bonds is 4. The molecular formula is C17H16N2O3S. The van der Waals surface area contributed by atoms with E-state index in [2.05, 4.69) is 5.32 Å². The van der Waals surface area contributed by atoms with E-state index >= 15 is 0 Å². The second-order valence-corrected chi connectivity index (χ2v) is 6.21. The molecule has 1 aliphatic rings. The highest BCUT2D eigenvalue weighted by molar-refractivity contribution is 8.16. The number of imide groups is 1. The number of nitrogens with one attached hydrogen (secondary N) is 1. The second kappa shape index (κ2) is 6.34. The van der Waals surface area contributed by atoms with Gasteiger partial charge in [-0.1, -0.05) is 12.1 Å². The largest absolute Gasteiger partial charge is 0.497 e. The van der Waals surface area contributed by atoms with Gasteiger partial charge in [0.2, 0.25) is 0 Å². The number of anilines is 2. The maximum absolute atomic E-state index is 12.6. The molecule has 2 aromatic rings. The van der Waals surface area contributed by atoms with Gasteiger partial charge >= 0.3 is 0 Å². The minimum absolute atomic E-state index is 0.263. The quantitative estimate of drug-likeness (QED) is 0.928. The van der Waals surface area contributed by atoms with E-state index in [-0.39, 0.29) is 11.1 Å². The number of hydrogen-bond donors (Lipinski definition) is 1. The fourth-order valence-corrected chi connectivity index (χ4v) is 3.24. The lowest BCUT2D eigenvalue weighted by molar-refractivity contribution is -0.116. The molecular weight excluding hydrogens is 312 g/mol. The van der Waals surface area contributed by atoms with Gasteiger partial charge in [-0.15, -0.1) is 0 Å². The summed E-state index contributed by atoms with van der Waals surface area (Å²) in [5, 5.41) is 2.18. The zero-order valence-electron chi connectivity index (χ0n) is 12.8. The summed E-state index contributed by atoms with van der Waals surface area (Å²) < 4.78 is 5.10. The number of ether oxygens (including phenoxy) is 1. The predicted molar refractivity (Wildman–Crippen MR) is 92.1 cm³/mol. The first kappa shape index (κ1) is 15.4. The van der Waals surface area contributed by atoms with Crippen molar-refractivity contribution in [3.05, 3.63) is 54.1 Å². The van der Waals surface area contributed by atoms with Gasteiger partial charge in [0, 0.05) is 5.69 Å². The van der Waals surface area contributed by atoms with Crippen LogP contribution in [-0.2, 0) is 4.79 Å². The number of carbonyl (C=O) groups is 2. The number of carbonyl (C=O) groups excluding carboxylic acids is 2. The average Bonchev–Trinajstić information content (AvgIpc) is 2.82. The molecule has 5 nitrogen and oxygen atoms in total. The molecule has 23 heavy (non-hydrogen) atoms. The van der Waals surface area contributed by atoms with Crippen molar-refractivity contribution in [2.75, 3.05) is 17.3 Å². The van der Waals surface area contributed by atoms with Crippen molar-refractivity contribution < 1.29 is 14.3 Å². The van der Waals surface area contributed by atoms with Gasteiger partial charge in [-0.2, -0.15) is 0 Å². The summed E-state index contributed by atoms with van der Waals surface area (Å²) in [7, 11) is 1.59. The summed E-state index contributed by atoms with van der Waals surface area (Å²) in [6.07, 6.45) is 0. The molecule has 0 aromatic heterocycles. The number of methoxy groups -OCH3 is 1. The lowest BCUT2D eigenvalue weighted by atomic mass is 10.2. The SMILES string of the molecule is COc1ccc(NC2SC(=O)N(c3cccc(C)c3)C2=O)cc1. The van der Waals surface area contributed by atoms with E-state index < -0.39 is 5.37 Å². The first-order chi connectivity index (χ1) is 11.1. The Morgan fingerprint density at radius 1 is 1.13 bits per heavy atom. The molecule has 0 bridgehead atoms. The van der Waals surface area contributed by atoms with Crippen LogP contribution in [0.15, 0.2) is 48.5 Å². The van der Waals surface area contributed by atoms with Gasteiger partial charge < -0.3 is 10.1 Å². The highest BCUT2D eigenvalue weighted by Gasteiger charge is 2.40. The van der Waals surface area contributed by atoms with E-state index in [0.717, 1.165) is 28.8 Å². The first-order valence-electron chi connectivity index (χ1n) is 7.10. The molecule has 0 aliphatic carbocycles. The van der Waals surface area contributed by atoms with Crippen molar-refractivity contribution in [1.29, 1.82) is 0 Å². The van der Waals surface area contributed by atoms with E-state index in [4.69, 9.17) is 4.74 Å². The van der Waals surface area contributed by atoms with E-state index in [1.54, 1.807) is 25.3 Å². The normalized spacial score (nSPS) is 17.5. The van der Waals surface area contributed by atoms with Crippen LogP contribution in [0.5, 0.6) is 5.75 Å². The first-order valence-corrected chi connectivity index (χ1v) is 7.98. The molecule has 2 amide bonds. The van der Waals surface area contributed by atoms with E-state index in [0.29, 0.717) is 5.69 Å². The summed E-state index contributed by atoms with van der Waals surface area (Å²) in [6.45, 7) is 1.93. The second-order valence-electron chi connectivity index (χ2n) is 5.15. The Morgan fingerprint density at radius 3 is 2.52 bits per heavy atom. The molecule has 6 heteroatoms. The zero-order valence-corrected chi connectivity index (χ0v) is 13.6. The minimum atomic E-state index is -0.628. The van der Waals surface area contributed by atoms with Crippen molar-refractivity contribution in [2.45, 2.75) is 12.3 Å². The van der Waals surface area contributed by atoms with Crippen molar-refractivity contribution in [3.63, 3.8) is 0 Å². The van der Waals surface area contributed by atoms with Crippen LogP contribution in [0.2, 0.25) is 0 Å². The zero-order chi connectivity index (χ0) is 16.4. The highest BCUT2D eigenvalue weighted by atomic mass is 32.2. The average molecular weight is 328 g/mol. The fourth-order valence-electron chi connectivity index (χ4n) is 2.34.